The van der Waals surface area contributed by atoms with Gasteiger partial charge in [-0.1, -0.05) is 23.8 Å². The van der Waals surface area contributed by atoms with Gasteiger partial charge in [0.2, 0.25) is 0 Å². The van der Waals surface area contributed by atoms with Crippen molar-refractivity contribution in [3.63, 3.8) is 0 Å². The third kappa shape index (κ3) is 3.08. The Hall–Kier alpha value is -1.87. The summed E-state index contributed by atoms with van der Waals surface area (Å²) in [5.41, 5.74) is 10.1. The third-order valence-corrected chi connectivity index (χ3v) is 2.91. The second-order valence-electron chi connectivity index (χ2n) is 4.41. The molecular formula is C15H18N2O. The van der Waals surface area contributed by atoms with Crippen LogP contribution in [0.4, 0.5) is 0 Å². The van der Waals surface area contributed by atoms with E-state index in [4.69, 9.17) is 10.5 Å². The van der Waals surface area contributed by atoms with E-state index in [0.717, 1.165) is 11.4 Å². The van der Waals surface area contributed by atoms with E-state index < -0.39 is 0 Å². The average Bonchev–Trinajstić information content (AvgIpc) is 2.40. The first-order chi connectivity index (χ1) is 8.69. The van der Waals surface area contributed by atoms with E-state index in [2.05, 4.69) is 37.0 Å². The van der Waals surface area contributed by atoms with Gasteiger partial charge in [-0.25, -0.2) is 0 Å². The lowest BCUT2D eigenvalue weighted by atomic mass is 10.1. The van der Waals surface area contributed by atoms with Crippen LogP contribution in [0, 0.1) is 13.8 Å². The van der Waals surface area contributed by atoms with Crippen LogP contribution in [0.5, 0.6) is 5.75 Å². The fourth-order valence-electron chi connectivity index (χ4n) is 1.73. The summed E-state index contributed by atoms with van der Waals surface area (Å²) in [6.45, 7) is 5.20. The summed E-state index contributed by atoms with van der Waals surface area (Å²) in [7, 11) is 0. The van der Waals surface area contributed by atoms with E-state index in [9.17, 15) is 0 Å². The monoisotopic (exact) mass is 242 g/mol. The zero-order chi connectivity index (χ0) is 13.0. The zero-order valence-corrected chi connectivity index (χ0v) is 10.8. The fraction of sp³-hybridized carbons (Fsp3) is 0.267. The van der Waals surface area contributed by atoms with Crippen molar-refractivity contribution in [2.24, 2.45) is 5.73 Å². The molecule has 1 heterocycles. The Bertz CT molecular complexity index is 521. The molecule has 18 heavy (non-hydrogen) atoms. The molecule has 0 bridgehead atoms. The molecule has 94 valence electrons. The minimum Gasteiger partial charge on any atom is -0.487 e. The number of pyridine rings is 1. The number of nitrogens with two attached hydrogens (primary N) is 1. The Balaban J connectivity index is 2.04. The molecule has 1 aromatic heterocycles. The summed E-state index contributed by atoms with van der Waals surface area (Å²) in [6.07, 6.45) is 1.72. The van der Waals surface area contributed by atoms with Crippen LogP contribution in [-0.2, 0) is 13.2 Å². The van der Waals surface area contributed by atoms with Crippen molar-refractivity contribution in [1.82, 2.24) is 4.98 Å². The molecule has 2 aromatic rings. The van der Waals surface area contributed by atoms with Crippen molar-refractivity contribution in [3.8, 4) is 5.75 Å². The highest BCUT2D eigenvalue weighted by atomic mass is 16.5. The smallest absolute Gasteiger partial charge is 0.138 e. The molecule has 0 fully saturated rings. The number of nitrogens with zero attached hydrogens (tertiary/aromatic N) is 1. The summed E-state index contributed by atoms with van der Waals surface area (Å²) >= 11 is 0. The van der Waals surface area contributed by atoms with Gasteiger partial charge in [0, 0.05) is 6.54 Å². The first-order valence-electron chi connectivity index (χ1n) is 6.03. The average molecular weight is 242 g/mol. The SMILES string of the molecule is Cc1ccc(C)c(COc2ccc(CN)nc2)c1. The van der Waals surface area contributed by atoms with Crippen LogP contribution in [0.25, 0.3) is 0 Å². The predicted octanol–water partition coefficient (Wildman–Crippen LogP) is 2.74. The molecule has 0 amide bonds. The van der Waals surface area contributed by atoms with Crippen LogP contribution >= 0.6 is 0 Å². The minimum absolute atomic E-state index is 0.456. The molecule has 2 rings (SSSR count). The van der Waals surface area contributed by atoms with Gasteiger partial charge in [0.15, 0.2) is 0 Å². The standard InChI is InChI=1S/C15H18N2O/c1-11-3-4-12(2)13(7-11)10-18-15-6-5-14(8-16)17-9-15/h3-7,9H,8,10,16H2,1-2H3. The summed E-state index contributed by atoms with van der Waals surface area (Å²) in [5.74, 6) is 0.771. The molecule has 3 heteroatoms. The van der Waals surface area contributed by atoms with Gasteiger partial charge in [0.05, 0.1) is 11.9 Å². The Kier molecular flexibility index (Phi) is 3.95. The molecule has 1 aromatic carbocycles. The normalized spacial score (nSPS) is 10.4. The van der Waals surface area contributed by atoms with Crippen molar-refractivity contribution in [2.75, 3.05) is 0 Å². The van der Waals surface area contributed by atoms with Gasteiger partial charge < -0.3 is 10.5 Å². The van der Waals surface area contributed by atoms with Crippen molar-refractivity contribution in [2.45, 2.75) is 27.0 Å². The van der Waals surface area contributed by atoms with Crippen LogP contribution in [0.15, 0.2) is 36.5 Å². The first kappa shape index (κ1) is 12.6. The number of aryl methyl sites for hydroxylation is 2. The second kappa shape index (κ2) is 5.65. The highest BCUT2D eigenvalue weighted by molar-refractivity contribution is 5.30. The largest absolute Gasteiger partial charge is 0.487 e. The molecule has 0 atom stereocenters. The van der Waals surface area contributed by atoms with Gasteiger partial charge >= 0.3 is 0 Å². The number of benzene rings is 1. The fourth-order valence-corrected chi connectivity index (χ4v) is 1.73. The number of aromatic nitrogens is 1. The van der Waals surface area contributed by atoms with Crippen LogP contribution < -0.4 is 10.5 Å². The maximum atomic E-state index is 5.72. The van der Waals surface area contributed by atoms with E-state index in [-0.39, 0.29) is 0 Å². The minimum atomic E-state index is 0.456. The molecule has 0 radical (unpaired) electrons. The third-order valence-electron chi connectivity index (χ3n) is 2.91. The lowest BCUT2D eigenvalue weighted by Gasteiger charge is -2.09. The van der Waals surface area contributed by atoms with E-state index in [1.165, 1.54) is 16.7 Å². The number of hydrogen-bond acceptors (Lipinski definition) is 3. The van der Waals surface area contributed by atoms with Crippen LogP contribution in [0.3, 0.4) is 0 Å². The molecule has 0 aliphatic carbocycles. The Morgan fingerprint density at radius 3 is 2.67 bits per heavy atom. The van der Waals surface area contributed by atoms with Crippen LogP contribution in [0.2, 0.25) is 0 Å². The number of hydrogen-bond donors (Lipinski definition) is 1. The second-order valence-corrected chi connectivity index (χ2v) is 4.41. The maximum Gasteiger partial charge on any atom is 0.138 e. The molecule has 2 N–H and O–H groups in total. The topological polar surface area (TPSA) is 48.1 Å². The Morgan fingerprint density at radius 2 is 2.00 bits per heavy atom. The van der Waals surface area contributed by atoms with Crippen LogP contribution in [0.1, 0.15) is 22.4 Å². The quantitative estimate of drug-likeness (QED) is 0.896. The molecule has 0 saturated carbocycles. The van der Waals surface area contributed by atoms with E-state index in [1.54, 1.807) is 6.20 Å². The molecule has 3 nitrogen and oxygen atoms in total. The molecule has 0 spiro atoms. The first-order valence-corrected chi connectivity index (χ1v) is 6.03. The van der Waals surface area contributed by atoms with Gasteiger partial charge in [-0.2, -0.15) is 0 Å². The van der Waals surface area contributed by atoms with E-state index in [0.29, 0.717) is 13.2 Å². The van der Waals surface area contributed by atoms with Gasteiger partial charge in [0.25, 0.3) is 0 Å². The van der Waals surface area contributed by atoms with Gasteiger partial charge in [0.1, 0.15) is 12.4 Å². The van der Waals surface area contributed by atoms with Crippen LogP contribution in [-0.4, -0.2) is 4.98 Å². The van der Waals surface area contributed by atoms with Crippen molar-refractivity contribution >= 4 is 0 Å². The van der Waals surface area contributed by atoms with E-state index >= 15 is 0 Å². The summed E-state index contributed by atoms with van der Waals surface area (Å²) in [5, 5.41) is 0. The lowest BCUT2D eigenvalue weighted by Crippen LogP contribution is -2.01. The molecule has 0 aliphatic heterocycles. The predicted molar refractivity (Wildman–Crippen MR) is 72.4 cm³/mol. The van der Waals surface area contributed by atoms with Gasteiger partial charge in [-0.05, 0) is 37.1 Å². The van der Waals surface area contributed by atoms with Gasteiger partial charge in [-0.15, -0.1) is 0 Å². The molecule has 0 aliphatic rings. The van der Waals surface area contributed by atoms with Crippen molar-refractivity contribution in [1.29, 1.82) is 0 Å². The Morgan fingerprint density at radius 1 is 1.17 bits per heavy atom. The summed E-state index contributed by atoms with van der Waals surface area (Å²) in [4.78, 5) is 4.20. The summed E-state index contributed by atoms with van der Waals surface area (Å²) in [6, 6.07) is 10.2. The van der Waals surface area contributed by atoms with Gasteiger partial charge in [-0.3, -0.25) is 4.98 Å². The maximum absolute atomic E-state index is 5.72. The zero-order valence-electron chi connectivity index (χ0n) is 10.8. The Labute approximate surface area is 108 Å². The molecule has 0 saturated heterocycles. The lowest BCUT2D eigenvalue weighted by molar-refractivity contribution is 0.304. The number of ether oxygens (including phenoxy) is 1. The van der Waals surface area contributed by atoms with Crippen molar-refractivity contribution < 1.29 is 4.74 Å². The molecule has 0 unspecified atom stereocenters. The molecular weight excluding hydrogens is 224 g/mol. The highest BCUT2D eigenvalue weighted by Gasteiger charge is 2.01. The van der Waals surface area contributed by atoms with E-state index in [1.807, 2.05) is 12.1 Å². The number of rotatable bonds is 4. The highest BCUT2D eigenvalue weighted by Crippen LogP contribution is 2.15. The summed E-state index contributed by atoms with van der Waals surface area (Å²) < 4.78 is 5.72. The van der Waals surface area contributed by atoms with Crippen molar-refractivity contribution in [3.05, 3.63) is 58.9 Å².